The predicted molar refractivity (Wildman–Crippen MR) is 110 cm³/mol. The average Bonchev–Trinajstić information content (AvgIpc) is 2.56. The molecule has 0 radical (unpaired) electrons. The van der Waals surface area contributed by atoms with E-state index < -0.39 is 17.8 Å². The quantitative estimate of drug-likeness (QED) is 0.440. The number of benzene rings is 1. The first-order valence-electron chi connectivity index (χ1n) is 8.79. The smallest absolute Gasteiger partial charge is 0.330 e. The van der Waals surface area contributed by atoms with Gasteiger partial charge < -0.3 is 15.2 Å². The number of ether oxygens (including phenoxy) is 1. The summed E-state index contributed by atoms with van der Waals surface area (Å²) in [6.07, 6.45) is 3.86. The highest BCUT2D eigenvalue weighted by atomic mass is 32.2. The third kappa shape index (κ3) is 5.48. The Morgan fingerprint density at radius 2 is 1.86 bits per heavy atom. The van der Waals surface area contributed by atoms with Gasteiger partial charge in [-0.3, -0.25) is 4.79 Å². The molecule has 0 spiro atoms. The maximum atomic E-state index is 12.5. The molecule has 28 heavy (non-hydrogen) atoms. The number of fused-ring (bicyclic) bond motifs is 1. The number of carbonyl (C=O) groups excluding carboxylic acids is 2. The zero-order valence-corrected chi connectivity index (χ0v) is 17.5. The van der Waals surface area contributed by atoms with E-state index in [4.69, 9.17) is 5.11 Å². The molecule has 1 aromatic rings. The van der Waals surface area contributed by atoms with Crippen molar-refractivity contribution in [3.05, 3.63) is 47.6 Å². The van der Waals surface area contributed by atoms with Gasteiger partial charge in [0.15, 0.2) is 0 Å². The van der Waals surface area contributed by atoms with Gasteiger partial charge in [0.05, 0.1) is 7.11 Å². The summed E-state index contributed by atoms with van der Waals surface area (Å²) >= 11 is 1.81. The minimum absolute atomic E-state index is 0.0602. The van der Waals surface area contributed by atoms with Crippen LogP contribution in [0.25, 0.3) is 0 Å². The molecular weight excluding hydrogens is 378 g/mol. The van der Waals surface area contributed by atoms with Gasteiger partial charge in [0, 0.05) is 33.1 Å². The van der Waals surface area contributed by atoms with Crippen LogP contribution in [0.15, 0.2) is 46.9 Å². The normalized spacial score (nSPS) is 17.7. The third-order valence-corrected chi connectivity index (χ3v) is 5.63. The molecule has 0 aromatic heterocycles. The highest BCUT2D eigenvalue weighted by Crippen LogP contribution is 2.51. The Hall–Kier alpha value is -2.54. The van der Waals surface area contributed by atoms with Gasteiger partial charge in [0.25, 0.3) is 5.91 Å². The average molecular weight is 404 g/mol. The van der Waals surface area contributed by atoms with E-state index in [0.717, 1.165) is 30.2 Å². The number of amides is 1. The van der Waals surface area contributed by atoms with Crippen LogP contribution < -0.4 is 5.32 Å². The van der Waals surface area contributed by atoms with Crippen LogP contribution in [0.3, 0.4) is 0 Å². The molecule has 0 aliphatic carbocycles. The number of hydrogen-bond acceptors (Lipinski definition) is 5. The van der Waals surface area contributed by atoms with Crippen molar-refractivity contribution >= 4 is 35.3 Å². The molecule has 6 nitrogen and oxygen atoms in total. The monoisotopic (exact) mass is 403 g/mol. The molecule has 2 N–H and O–H groups in total. The fourth-order valence-electron chi connectivity index (χ4n) is 3.47. The summed E-state index contributed by atoms with van der Waals surface area (Å²) < 4.78 is 4.59. The van der Waals surface area contributed by atoms with Crippen LogP contribution in [0, 0.1) is 0 Å². The van der Waals surface area contributed by atoms with Gasteiger partial charge in [-0.2, -0.15) is 0 Å². The van der Waals surface area contributed by atoms with E-state index in [-0.39, 0.29) is 15.7 Å². The zero-order valence-electron chi connectivity index (χ0n) is 16.7. The van der Waals surface area contributed by atoms with Crippen molar-refractivity contribution in [3.63, 3.8) is 0 Å². The molecule has 7 heteroatoms. The van der Waals surface area contributed by atoms with Crippen molar-refractivity contribution in [2.75, 3.05) is 12.4 Å². The topological polar surface area (TPSA) is 92.7 Å². The van der Waals surface area contributed by atoms with E-state index in [1.165, 1.54) is 12.0 Å². The van der Waals surface area contributed by atoms with Gasteiger partial charge in [0.1, 0.15) is 0 Å². The van der Waals surface area contributed by atoms with Crippen molar-refractivity contribution in [1.82, 2.24) is 0 Å². The van der Waals surface area contributed by atoms with Crippen LogP contribution in [-0.2, 0) is 24.5 Å². The van der Waals surface area contributed by atoms with Crippen LogP contribution in [0.5, 0.6) is 0 Å². The molecular formula is C21H25NO5S. The van der Waals surface area contributed by atoms with Crippen LogP contribution in [-0.4, -0.2) is 34.8 Å². The Bertz CT molecular complexity index is 868. The second-order valence-corrected chi connectivity index (χ2v) is 9.63. The summed E-state index contributed by atoms with van der Waals surface area (Å²) in [6, 6.07) is 5.70. The molecule has 1 aliphatic heterocycles. The maximum absolute atomic E-state index is 12.5. The number of nitrogens with one attached hydrogen (secondary N) is 1. The number of hydrogen-bond donors (Lipinski definition) is 2. The Morgan fingerprint density at radius 1 is 1.18 bits per heavy atom. The van der Waals surface area contributed by atoms with Gasteiger partial charge in [-0.15, -0.1) is 11.8 Å². The second kappa shape index (κ2) is 8.22. The predicted octanol–water partition coefficient (Wildman–Crippen LogP) is 3.92. The molecule has 150 valence electrons. The highest BCUT2D eigenvalue weighted by molar-refractivity contribution is 8.00. The zero-order chi connectivity index (χ0) is 21.1. The number of methoxy groups -OCH3 is 1. The molecule has 0 bridgehead atoms. The first kappa shape index (κ1) is 21.8. The van der Waals surface area contributed by atoms with Crippen molar-refractivity contribution in [2.45, 2.75) is 49.2 Å². The summed E-state index contributed by atoms with van der Waals surface area (Å²) in [4.78, 5) is 36.0. The van der Waals surface area contributed by atoms with Crippen LogP contribution in [0.2, 0.25) is 0 Å². The van der Waals surface area contributed by atoms with E-state index >= 15 is 0 Å². The number of aliphatic carboxylic acids is 1. The second-order valence-electron chi connectivity index (χ2n) is 7.88. The van der Waals surface area contributed by atoms with Crippen molar-refractivity contribution in [1.29, 1.82) is 0 Å². The first-order chi connectivity index (χ1) is 12.9. The standard InChI is InChI=1S/C21H25NO5S/c1-20(2)12-21(3,4)28-16-8-7-14(11-15(16)20)22-19(26)13(10-17(23)24)6-9-18(25)27-5/h6-11H,12H2,1-5H3,(H,22,26)(H,23,24)/b9-6+,13-10-. The summed E-state index contributed by atoms with van der Waals surface area (Å²) in [5, 5.41) is 11.7. The summed E-state index contributed by atoms with van der Waals surface area (Å²) in [5.41, 5.74) is 1.49. The highest BCUT2D eigenvalue weighted by Gasteiger charge is 2.38. The molecule has 0 fully saturated rings. The van der Waals surface area contributed by atoms with Crippen LogP contribution in [0.4, 0.5) is 5.69 Å². The maximum Gasteiger partial charge on any atom is 0.330 e. The molecule has 1 aliphatic rings. The minimum atomic E-state index is -1.29. The fraction of sp³-hybridized carbons (Fsp3) is 0.381. The lowest BCUT2D eigenvalue weighted by molar-refractivity contribution is -0.135. The van der Waals surface area contributed by atoms with E-state index in [2.05, 4.69) is 37.7 Å². The third-order valence-electron chi connectivity index (χ3n) is 4.36. The van der Waals surface area contributed by atoms with Gasteiger partial charge in [-0.05, 0) is 41.7 Å². The molecule has 2 rings (SSSR count). The number of thioether (sulfide) groups is 1. The van der Waals surface area contributed by atoms with Gasteiger partial charge in [0.2, 0.25) is 0 Å². The molecule has 1 heterocycles. The minimum Gasteiger partial charge on any atom is -0.478 e. The summed E-state index contributed by atoms with van der Waals surface area (Å²) in [6.45, 7) is 8.78. The first-order valence-corrected chi connectivity index (χ1v) is 9.61. The Morgan fingerprint density at radius 3 is 2.46 bits per heavy atom. The number of esters is 1. The largest absolute Gasteiger partial charge is 0.478 e. The van der Waals surface area contributed by atoms with Crippen molar-refractivity contribution < 1.29 is 24.2 Å². The molecule has 0 saturated heterocycles. The van der Waals surface area contributed by atoms with Gasteiger partial charge >= 0.3 is 11.9 Å². The van der Waals surface area contributed by atoms with E-state index in [1.54, 1.807) is 6.07 Å². The number of anilines is 1. The molecule has 0 atom stereocenters. The molecule has 0 unspecified atom stereocenters. The summed E-state index contributed by atoms with van der Waals surface area (Å²) in [7, 11) is 1.20. The number of carboxylic acids is 1. The number of carboxylic acid groups (broad SMARTS) is 1. The van der Waals surface area contributed by atoms with E-state index in [9.17, 15) is 14.4 Å². The van der Waals surface area contributed by atoms with Crippen molar-refractivity contribution in [2.24, 2.45) is 0 Å². The Labute approximate surface area is 169 Å². The molecule has 0 saturated carbocycles. The van der Waals surface area contributed by atoms with E-state index in [0.29, 0.717) is 5.69 Å². The number of carbonyl (C=O) groups is 3. The van der Waals surface area contributed by atoms with Crippen molar-refractivity contribution in [3.8, 4) is 0 Å². The lowest BCUT2D eigenvalue weighted by atomic mass is 9.77. The molecule has 1 aromatic carbocycles. The lowest BCUT2D eigenvalue weighted by Gasteiger charge is -2.41. The lowest BCUT2D eigenvalue weighted by Crippen LogP contribution is -2.33. The number of rotatable bonds is 5. The van der Waals surface area contributed by atoms with E-state index in [1.807, 2.05) is 23.9 Å². The SMILES string of the molecule is COC(=O)/C=C/C(=C/C(=O)O)C(=O)Nc1ccc2c(c1)C(C)(C)CC(C)(C)S2. The van der Waals surface area contributed by atoms with Crippen LogP contribution >= 0.6 is 11.8 Å². The fourth-order valence-corrected chi connectivity index (χ4v) is 5.08. The molecule has 1 amide bonds. The van der Waals surface area contributed by atoms with Crippen LogP contribution in [0.1, 0.15) is 39.7 Å². The Balaban J connectivity index is 2.29. The Kier molecular flexibility index (Phi) is 6.39. The summed E-state index contributed by atoms with van der Waals surface area (Å²) in [5.74, 6) is -2.59. The van der Waals surface area contributed by atoms with Gasteiger partial charge in [-0.1, -0.05) is 27.7 Å². The van der Waals surface area contributed by atoms with Gasteiger partial charge in [-0.25, -0.2) is 9.59 Å².